The van der Waals surface area contributed by atoms with E-state index in [1.165, 1.54) is 37.5 Å². The standard InChI is InChI=1S/C22H23N3O4/c1-4-25(5-2)19-11-8-16(20(26)13-19)12-17(14-23)21(27)24-18-9-6-15(7-10-18)22(28)29-3/h6-13,26H,4-5H2,1-3H3,(H,24,27)/b17-12+. The number of phenols is 1. The molecule has 0 aromatic heterocycles. The van der Waals surface area contributed by atoms with Gasteiger partial charge in [0.2, 0.25) is 0 Å². The number of amides is 1. The zero-order valence-electron chi connectivity index (χ0n) is 16.6. The number of methoxy groups -OCH3 is 1. The molecule has 0 bridgehead atoms. The smallest absolute Gasteiger partial charge is 0.337 e. The van der Waals surface area contributed by atoms with Crippen molar-refractivity contribution in [1.82, 2.24) is 0 Å². The van der Waals surface area contributed by atoms with Crippen LogP contribution in [0.5, 0.6) is 5.75 Å². The van der Waals surface area contributed by atoms with Gasteiger partial charge >= 0.3 is 5.97 Å². The van der Waals surface area contributed by atoms with Gasteiger partial charge in [-0.05, 0) is 56.3 Å². The van der Waals surface area contributed by atoms with Gasteiger partial charge in [-0.2, -0.15) is 5.26 Å². The number of carbonyl (C=O) groups is 2. The van der Waals surface area contributed by atoms with Crippen molar-refractivity contribution in [3.8, 4) is 11.8 Å². The van der Waals surface area contributed by atoms with Crippen LogP contribution in [0.2, 0.25) is 0 Å². The van der Waals surface area contributed by atoms with Crippen LogP contribution in [0.15, 0.2) is 48.0 Å². The van der Waals surface area contributed by atoms with Gasteiger partial charge in [0.05, 0.1) is 12.7 Å². The topological polar surface area (TPSA) is 103 Å². The van der Waals surface area contributed by atoms with Crippen LogP contribution in [-0.2, 0) is 9.53 Å². The summed E-state index contributed by atoms with van der Waals surface area (Å²) in [6, 6.07) is 13.0. The van der Waals surface area contributed by atoms with E-state index in [0.29, 0.717) is 16.8 Å². The molecule has 0 aliphatic heterocycles. The molecule has 0 unspecified atom stereocenters. The van der Waals surface area contributed by atoms with E-state index < -0.39 is 11.9 Å². The molecule has 0 fully saturated rings. The molecule has 1 amide bonds. The van der Waals surface area contributed by atoms with Gasteiger partial charge < -0.3 is 20.1 Å². The fourth-order valence-electron chi connectivity index (χ4n) is 2.75. The number of benzene rings is 2. The second-order valence-corrected chi connectivity index (χ2v) is 6.11. The quantitative estimate of drug-likeness (QED) is 0.423. The first-order valence-electron chi connectivity index (χ1n) is 9.12. The van der Waals surface area contributed by atoms with Crippen molar-refractivity contribution in [2.45, 2.75) is 13.8 Å². The molecular formula is C22H23N3O4. The van der Waals surface area contributed by atoms with Crippen LogP contribution in [-0.4, -0.2) is 37.2 Å². The lowest BCUT2D eigenvalue weighted by Crippen LogP contribution is -2.21. The average molecular weight is 393 g/mol. The SMILES string of the molecule is CCN(CC)c1ccc(/C=C(\C#N)C(=O)Nc2ccc(C(=O)OC)cc2)c(O)c1. The average Bonchev–Trinajstić information content (AvgIpc) is 2.74. The molecule has 7 heteroatoms. The molecule has 150 valence electrons. The third-order valence-corrected chi connectivity index (χ3v) is 4.37. The lowest BCUT2D eigenvalue weighted by molar-refractivity contribution is -0.112. The summed E-state index contributed by atoms with van der Waals surface area (Å²) in [5.74, 6) is -1.12. The van der Waals surface area contributed by atoms with E-state index in [1.807, 2.05) is 26.0 Å². The minimum atomic E-state index is -0.620. The molecule has 0 saturated heterocycles. The van der Waals surface area contributed by atoms with Gasteiger partial charge in [-0.1, -0.05) is 0 Å². The molecule has 2 rings (SSSR count). The van der Waals surface area contributed by atoms with Crippen LogP contribution >= 0.6 is 0 Å². The van der Waals surface area contributed by atoms with Crippen LogP contribution in [0.4, 0.5) is 11.4 Å². The third-order valence-electron chi connectivity index (χ3n) is 4.37. The van der Waals surface area contributed by atoms with Gasteiger partial charge in [0.1, 0.15) is 17.4 Å². The number of ether oxygens (including phenoxy) is 1. The van der Waals surface area contributed by atoms with E-state index in [4.69, 9.17) is 0 Å². The highest BCUT2D eigenvalue weighted by Crippen LogP contribution is 2.26. The Morgan fingerprint density at radius 2 is 1.83 bits per heavy atom. The Morgan fingerprint density at radius 1 is 1.17 bits per heavy atom. The number of rotatable bonds is 7. The molecule has 0 spiro atoms. The number of esters is 1. The normalized spacial score (nSPS) is 10.8. The van der Waals surface area contributed by atoms with Gasteiger partial charge in [0.25, 0.3) is 5.91 Å². The monoisotopic (exact) mass is 393 g/mol. The zero-order valence-corrected chi connectivity index (χ0v) is 16.6. The molecule has 29 heavy (non-hydrogen) atoms. The van der Waals surface area contributed by atoms with Gasteiger partial charge in [-0.25, -0.2) is 4.79 Å². The predicted octanol–water partition coefficient (Wildman–Crippen LogP) is 3.57. The lowest BCUT2D eigenvalue weighted by Gasteiger charge is -2.21. The number of hydrogen-bond acceptors (Lipinski definition) is 6. The molecule has 0 aliphatic carbocycles. The summed E-state index contributed by atoms with van der Waals surface area (Å²) in [5.41, 5.74) is 1.84. The Labute approximate surface area is 169 Å². The lowest BCUT2D eigenvalue weighted by atomic mass is 10.1. The first-order valence-corrected chi connectivity index (χ1v) is 9.12. The molecule has 0 aliphatic rings. The number of nitriles is 1. The maximum atomic E-state index is 12.4. The fourth-order valence-corrected chi connectivity index (χ4v) is 2.75. The van der Waals surface area contributed by atoms with Crippen molar-refractivity contribution in [2.24, 2.45) is 0 Å². The molecule has 2 aromatic rings. The Kier molecular flexibility index (Phi) is 7.38. The minimum absolute atomic E-state index is 0.0163. The highest BCUT2D eigenvalue weighted by atomic mass is 16.5. The first kappa shape index (κ1) is 21.5. The summed E-state index contributed by atoms with van der Waals surface area (Å²) in [4.78, 5) is 25.9. The molecule has 0 heterocycles. The highest BCUT2D eigenvalue weighted by Gasteiger charge is 2.13. The summed E-state index contributed by atoms with van der Waals surface area (Å²) in [6.07, 6.45) is 1.33. The van der Waals surface area contributed by atoms with Crippen molar-refractivity contribution in [3.63, 3.8) is 0 Å². The maximum Gasteiger partial charge on any atom is 0.337 e. The summed E-state index contributed by atoms with van der Waals surface area (Å²) >= 11 is 0. The van der Waals surface area contributed by atoms with Crippen LogP contribution in [0.25, 0.3) is 6.08 Å². The molecule has 0 saturated carbocycles. The first-order chi connectivity index (χ1) is 13.9. The Hall–Kier alpha value is -3.79. The van der Waals surface area contributed by atoms with Crippen LogP contribution in [0.1, 0.15) is 29.8 Å². The number of phenolic OH excluding ortho intramolecular Hbond substituents is 1. The van der Waals surface area contributed by atoms with Gasteiger partial charge in [-0.3, -0.25) is 4.79 Å². The van der Waals surface area contributed by atoms with Crippen LogP contribution < -0.4 is 10.2 Å². The molecule has 0 radical (unpaired) electrons. The largest absolute Gasteiger partial charge is 0.507 e. The van der Waals surface area contributed by atoms with Crippen LogP contribution in [0.3, 0.4) is 0 Å². The van der Waals surface area contributed by atoms with Gasteiger partial charge in [0.15, 0.2) is 0 Å². The van der Waals surface area contributed by atoms with Crippen molar-refractivity contribution < 1.29 is 19.4 Å². The van der Waals surface area contributed by atoms with Crippen molar-refractivity contribution >= 4 is 29.3 Å². The van der Waals surface area contributed by atoms with E-state index >= 15 is 0 Å². The Bertz CT molecular complexity index is 955. The molecular weight excluding hydrogens is 370 g/mol. The van der Waals surface area contributed by atoms with E-state index in [9.17, 15) is 20.0 Å². The number of nitrogens with one attached hydrogen (secondary N) is 1. The van der Waals surface area contributed by atoms with Crippen molar-refractivity contribution in [3.05, 3.63) is 59.2 Å². The molecule has 2 aromatic carbocycles. The number of nitrogens with zero attached hydrogens (tertiary/aromatic N) is 2. The highest BCUT2D eigenvalue weighted by molar-refractivity contribution is 6.10. The summed E-state index contributed by atoms with van der Waals surface area (Å²) < 4.78 is 4.62. The Balaban J connectivity index is 2.20. The summed E-state index contributed by atoms with van der Waals surface area (Å²) in [7, 11) is 1.28. The van der Waals surface area contributed by atoms with Crippen molar-refractivity contribution in [2.75, 3.05) is 30.4 Å². The fraction of sp³-hybridized carbons (Fsp3) is 0.227. The third kappa shape index (κ3) is 5.36. The predicted molar refractivity (Wildman–Crippen MR) is 112 cm³/mol. The number of hydrogen-bond donors (Lipinski definition) is 2. The zero-order chi connectivity index (χ0) is 21.4. The summed E-state index contributed by atoms with van der Waals surface area (Å²) in [6.45, 7) is 5.63. The molecule has 7 nitrogen and oxygen atoms in total. The summed E-state index contributed by atoms with van der Waals surface area (Å²) in [5, 5.41) is 22.3. The molecule has 0 atom stereocenters. The van der Waals surface area contributed by atoms with E-state index in [-0.39, 0.29) is 11.3 Å². The molecule has 2 N–H and O–H groups in total. The second-order valence-electron chi connectivity index (χ2n) is 6.11. The van der Waals surface area contributed by atoms with E-state index in [1.54, 1.807) is 12.1 Å². The van der Waals surface area contributed by atoms with Gasteiger partial charge in [-0.15, -0.1) is 0 Å². The number of carbonyl (C=O) groups excluding carboxylic acids is 2. The van der Waals surface area contributed by atoms with Crippen LogP contribution in [0, 0.1) is 11.3 Å². The van der Waals surface area contributed by atoms with E-state index in [0.717, 1.165) is 18.8 Å². The minimum Gasteiger partial charge on any atom is -0.507 e. The second kappa shape index (κ2) is 9.95. The van der Waals surface area contributed by atoms with E-state index in [2.05, 4.69) is 15.0 Å². The van der Waals surface area contributed by atoms with Crippen molar-refractivity contribution in [1.29, 1.82) is 5.26 Å². The number of anilines is 2. The van der Waals surface area contributed by atoms with Gasteiger partial charge in [0, 0.05) is 36.1 Å². The maximum absolute atomic E-state index is 12.4. The Morgan fingerprint density at radius 3 is 2.34 bits per heavy atom. The number of aromatic hydroxyl groups is 1.